The number of aromatic nitrogens is 3. The van der Waals surface area contributed by atoms with Crippen LogP contribution >= 0.6 is 23.2 Å². The van der Waals surface area contributed by atoms with Gasteiger partial charge in [0.05, 0.1) is 50.2 Å². The molecule has 2 amide bonds. The zero-order valence-corrected chi connectivity index (χ0v) is 26.8. The molecule has 0 saturated carbocycles. The molecule has 4 heterocycles. The highest BCUT2D eigenvalue weighted by Gasteiger charge is 2.43. The molecule has 4 aromatic rings. The maximum Gasteiger partial charge on any atom is 0.354 e. The molecule has 1 saturated heterocycles. The number of rotatable bonds is 4. The van der Waals surface area contributed by atoms with Gasteiger partial charge in [0, 0.05) is 29.9 Å². The highest BCUT2D eigenvalue weighted by atomic mass is 35.5. The average Bonchev–Trinajstić information content (AvgIpc) is 3.13. The topological polar surface area (TPSA) is 126 Å². The average molecular weight is 669 g/mol. The number of pyridine rings is 1. The number of nitrogens with zero attached hydrogens (tertiary/aromatic N) is 5. The third-order valence-electron chi connectivity index (χ3n) is 8.47. The fourth-order valence-corrected chi connectivity index (χ4v) is 6.84. The Kier molecular flexibility index (Phi) is 7.76. The fourth-order valence-electron chi connectivity index (χ4n) is 6.37. The molecular formula is C32H29Cl2F2N7O3. The van der Waals surface area contributed by atoms with Crippen molar-refractivity contribution in [3.8, 4) is 16.8 Å². The monoisotopic (exact) mass is 667 g/mol. The van der Waals surface area contributed by atoms with E-state index < -0.39 is 51.5 Å². The van der Waals surface area contributed by atoms with Crippen LogP contribution in [0.5, 0.6) is 0 Å². The number of amides is 2. The molecule has 0 radical (unpaired) electrons. The Balaban J connectivity index is 1.79. The molecule has 238 valence electrons. The van der Waals surface area contributed by atoms with E-state index in [4.69, 9.17) is 28.9 Å². The summed E-state index contributed by atoms with van der Waals surface area (Å²) in [6, 6.07) is 2.53. The van der Waals surface area contributed by atoms with Crippen molar-refractivity contribution in [1.82, 2.24) is 19.4 Å². The number of carbonyl (C=O) groups excluding carboxylic acids is 2. The zero-order valence-electron chi connectivity index (χ0n) is 25.3. The SMILES string of the molecule is C=CC(=O)N1CC(C)N2c3nc(=O)n(-c4c(C)ccnc4C(C)C)c4cc(-c5c(N)c(Cl)cc(Cl)c5F)c(F)c(c34)NC(=O)C2C1. The van der Waals surface area contributed by atoms with Crippen molar-refractivity contribution >= 4 is 63.1 Å². The van der Waals surface area contributed by atoms with Gasteiger partial charge >= 0.3 is 5.69 Å². The minimum absolute atomic E-state index is 0.0310. The van der Waals surface area contributed by atoms with Crippen LogP contribution in [-0.4, -0.2) is 56.4 Å². The van der Waals surface area contributed by atoms with Crippen LogP contribution < -0.4 is 21.6 Å². The number of piperazine rings is 1. The van der Waals surface area contributed by atoms with Gasteiger partial charge in [-0.3, -0.25) is 19.1 Å². The van der Waals surface area contributed by atoms with Gasteiger partial charge in [0.1, 0.15) is 11.9 Å². The quantitative estimate of drug-likeness (QED) is 0.165. The van der Waals surface area contributed by atoms with E-state index >= 15 is 8.78 Å². The summed E-state index contributed by atoms with van der Waals surface area (Å²) in [4.78, 5) is 52.8. The van der Waals surface area contributed by atoms with Crippen LogP contribution in [0.15, 0.2) is 41.8 Å². The van der Waals surface area contributed by atoms with Gasteiger partial charge in [-0.2, -0.15) is 4.98 Å². The third kappa shape index (κ3) is 4.70. The van der Waals surface area contributed by atoms with Crippen molar-refractivity contribution in [2.75, 3.05) is 29.0 Å². The van der Waals surface area contributed by atoms with Crippen LogP contribution in [-0.2, 0) is 9.59 Å². The Hall–Kier alpha value is -4.55. The molecule has 2 aromatic heterocycles. The molecule has 0 bridgehead atoms. The lowest BCUT2D eigenvalue weighted by molar-refractivity contribution is -0.128. The van der Waals surface area contributed by atoms with Gasteiger partial charge in [-0.15, -0.1) is 0 Å². The lowest BCUT2D eigenvalue weighted by atomic mass is 9.98. The van der Waals surface area contributed by atoms with Crippen LogP contribution in [0.25, 0.3) is 27.7 Å². The van der Waals surface area contributed by atoms with Gasteiger partial charge in [-0.25, -0.2) is 13.6 Å². The van der Waals surface area contributed by atoms with Gasteiger partial charge < -0.3 is 20.9 Å². The molecule has 2 aromatic carbocycles. The van der Waals surface area contributed by atoms with Crippen molar-refractivity contribution in [2.24, 2.45) is 0 Å². The molecule has 2 unspecified atom stereocenters. The number of anilines is 3. The van der Waals surface area contributed by atoms with Gasteiger partial charge in [0.25, 0.3) is 0 Å². The van der Waals surface area contributed by atoms with Crippen LogP contribution in [0.1, 0.15) is 37.9 Å². The second-order valence-corrected chi connectivity index (χ2v) is 12.5. The molecule has 10 nitrogen and oxygen atoms in total. The normalized spacial score (nSPS) is 17.6. The summed E-state index contributed by atoms with van der Waals surface area (Å²) in [7, 11) is 0. The molecule has 6 rings (SSSR count). The number of nitrogen functional groups attached to an aromatic ring is 1. The van der Waals surface area contributed by atoms with Gasteiger partial charge in [-0.1, -0.05) is 43.6 Å². The minimum Gasteiger partial charge on any atom is -0.397 e. The Morgan fingerprint density at radius 3 is 2.57 bits per heavy atom. The molecule has 2 atom stereocenters. The predicted molar refractivity (Wildman–Crippen MR) is 175 cm³/mol. The Labute approximate surface area is 272 Å². The van der Waals surface area contributed by atoms with E-state index in [-0.39, 0.29) is 58.0 Å². The lowest BCUT2D eigenvalue weighted by Gasteiger charge is -2.44. The number of nitrogens with two attached hydrogens (primary N) is 1. The smallest absolute Gasteiger partial charge is 0.354 e. The van der Waals surface area contributed by atoms with Gasteiger partial charge in [0.15, 0.2) is 11.6 Å². The standard InChI is InChI=1S/C32H29Cl2F2N7O3/c1-6-21(44)41-11-15(5)42-20(12-41)31(45)39-28-23-19(9-16(24(28)35)22-25(36)17(33)10-18(34)26(22)37)43(32(46)40-30(23)42)29-14(4)7-8-38-27(29)13(2)3/h6-10,13,15,20H,1,11-12,37H2,2-5H3,(H,39,45). The summed E-state index contributed by atoms with van der Waals surface area (Å²) in [5.41, 5.74) is 5.72. The third-order valence-corrected chi connectivity index (χ3v) is 9.06. The summed E-state index contributed by atoms with van der Waals surface area (Å²) in [6.07, 6.45) is 2.77. The fraction of sp³-hybridized carbons (Fsp3) is 0.281. The van der Waals surface area contributed by atoms with Crippen LogP contribution in [0.2, 0.25) is 10.0 Å². The molecule has 0 spiro atoms. The molecule has 2 aliphatic rings. The molecule has 14 heteroatoms. The number of halogens is 4. The predicted octanol–water partition coefficient (Wildman–Crippen LogP) is 5.59. The van der Waals surface area contributed by atoms with Crippen molar-refractivity contribution in [2.45, 2.75) is 45.7 Å². The van der Waals surface area contributed by atoms with E-state index in [9.17, 15) is 14.4 Å². The second-order valence-electron chi connectivity index (χ2n) is 11.7. The van der Waals surface area contributed by atoms with Crippen LogP contribution in [0.4, 0.5) is 26.0 Å². The summed E-state index contributed by atoms with van der Waals surface area (Å²) in [6.45, 7) is 11.0. The second kappa shape index (κ2) is 11.4. The molecule has 1 fully saturated rings. The number of nitrogens with one attached hydrogen (secondary N) is 1. The van der Waals surface area contributed by atoms with Crippen LogP contribution in [0, 0.1) is 18.6 Å². The Morgan fingerprint density at radius 2 is 1.89 bits per heavy atom. The number of aryl methyl sites for hydroxylation is 1. The summed E-state index contributed by atoms with van der Waals surface area (Å²) in [5, 5.41) is 2.23. The molecular weight excluding hydrogens is 639 g/mol. The highest BCUT2D eigenvalue weighted by Crippen LogP contribution is 2.46. The summed E-state index contributed by atoms with van der Waals surface area (Å²) >= 11 is 12.4. The zero-order chi connectivity index (χ0) is 33.4. The van der Waals surface area contributed by atoms with E-state index in [2.05, 4.69) is 21.9 Å². The first kappa shape index (κ1) is 31.4. The number of fused-ring (bicyclic) bond motifs is 2. The van der Waals surface area contributed by atoms with E-state index in [0.717, 1.165) is 12.1 Å². The first-order valence-electron chi connectivity index (χ1n) is 14.5. The Morgan fingerprint density at radius 1 is 1.17 bits per heavy atom. The van der Waals surface area contributed by atoms with Crippen molar-refractivity contribution in [3.63, 3.8) is 0 Å². The summed E-state index contributed by atoms with van der Waals surface area (Å²) in [5.74, 6) is -3.26. The van der Waals surface area contributed by atoms with Gasteiger partial charge in [-0.05, 0) is 49.6 Å². The number of benzene rings is 2. The van der Waals surface area contributed by atoms with Crippen LogP contribution in [0.3, 0.4) is 0 Å². The number of carbonyl (C=O) groups is 2. The molecule has 2 aliphatic heterocycles. The van der Waals surface area contributed by atoms with Crippen molar-refractivity contribution in [1.29, 1.82) is 0 Å². The summed E-state index contributed by atoms with van der Waals surface area (Å²) < 4.78 is 33.9. The van der Waals surface area contributed by atoms with E-state index in [1.54, 1.807) is 31.0 Å². The van der Waals surface area contributed by atoms with E-state index in [0.29, 0.717) is 16.9 Å². The molecule has 0 aliphatic carbocycles. The highest BCUT2D eigenvalue weighted by molar-refractivity contribution is 6.37. The molecule has 3 N–H and O–H groups in total. The number of hydrogen-bond acceptors (Lipinski definition) is 7. The largest absolute Gasteiger partial charge is 0.397 e. The van der Waals surface area contributed by atoms with E-state index in [1.165, 1.54) is 15.5 Å². The molecule has 46 heavy (non-hydrogen) atoms. The van der Waals surface area contributed by atoms with Gasteiger partial charge in [0.2, 0.25) is 11.8 Å². The van der Waals surface area contributed by atoms with E-state index in [1.807, 2.05) is 13.8 Å². The first-order chi connectivity index (χ1) is 21.8. The minimum atomic E-state index is -1.05. The van der Waals surface area contributed by atoms with Crippen molar-refractivity contribution < 1.29 is 18.4 Å². The first-order valence-corrected chi connectivity index (χ1v) is 15.2. The van der Waals surface area contributed by atoms with Crippen molar-refractivity contribution in [3.05, 3.63) is 80.5 Å². The maximum atomic E-state index is 16.9. The Bertz CT molecular complexity index is 2040. The number of hydrogen-bond donors (Lipinski definition) is 2. The lowest BCUT2D eigenvalue weighted by Crippen LogP contribution is -2.62. The maximum absolute atomic E-state index is 16.9.